The van der Waals surface area contributed by atoms with Crippen molar-refractivity contribution in [2.24, 2.45) is 0 Å². The summed E-state index contributed by atoms with van der Waals surface area (Å²) in [7, 11) is 3.56. The number of carboxylic acid groups (broad SMARTS) is 1. The molecular formula is C21H44NO4+. The predicted molar refractivity (Wildman–Crippen MR) is 107 cm³/mol. The second kappa shape index (κ2) is 14.4. The zero-order chi connectivity index (χ0) is 19.9. The van der Waals surface area contributed by atoms with Crippen LogP contribution in [0.2, 0.25) is 0 Å². The largest absolute Gasteiger partial charge is 0.476 e. The lowest BCUT2D eigenvalue weighted by Crippen LogP contribution is -2.68. The summed E-state index contributed by atoms with van der Waals surface area (Å²) >= 11 is 0. The highest BCUT2D eigenvalue weighted by Crippen LogP contribution is 2.22. The molecule has 0 aliphatic heterocycles. The maximum atomic E-state index is 11.5. The van der Waals surface area contributed by atoms with Crippen LogP contribution in [0.25, 0.3) is 0 Å². The van der Waals surface area contributed by atoms with Crippen molar-refractivity contribution >= 4 is 5.97 Å². The summed E-state index contributed by atoms with van der Waals surface area (Å²) in [6.45, 7) is 1.79. The topological polar surface area (TPSA) is 77.8 Å². The van der Waals surface area contributed by atoms with Gasteiger partial charge in [0, 0.05) is 0 Å². The number of aliphatic hydroxyl groups is 2. The van der Waals surface area contributed by atoms with E-state index in [4.69, 9.17) is 0 Å². The fourth-order valence-corrected chi connectivity index (χ4v) is 3.57. The number of quaternary nitrogens is 1. The molecule has 0 amide bonds. The molecule has 0 saturated heterocycles. The van der Waals surface area contributed by atoms with Gasteiger partial charge in [-0.2, -0.15) is 0 Å². The molecule has 0 aromatic heterocycles. The number of aliphatic carboxylic acids is 1. The molecule has 0 aromatic carbocycles. The highest BCUT2D eigenvalue weighted by molar-refractivity contribution is 5.77. The Labute approximate surface area is 161 Å². The molecule has 0 spiro atoms. The van der Waals surface area contributed by atoms with Gasteiger partial charge in [0.25, 0.3) is 0 Å². The molecule has 0 saturated carbocycles. The van der Waals surface area contributed by atoms with Gasteiger partial charge in [-0.25, -0.2) is 4.79 Å². The Morgan fingerprint density at radius 3 is 1.38 bits per heavy atom. The fourth-order valence-electron chi connectivity index (χ4n) is 3.57. The van der Waals surface area contributed by atoms with Crippen molar-refractivity contribution in [2.45, 2.75) is 95.9 Å². The van der Waals surface area contributed by atoms with E-state index in [2.05, 4.69) is 6.92 Å². The number of carbonyl (C=O) groups is 1. The van der Waals surface area contributed by atoms with E-state index >= 15 is 0 Å². The molecule has 0 aromatic rings. The van der Waals surface area contributed by atoms with E-state index in [0.29, 0.717) is 6.54 Å². The van der Waals surface area contributed by atoms with Crippen LogP contribution in [0, 0.1) is 0 Å². The van der Waals surface area contributed by atoms with Crippen molar-refractivity contribution in [3.8, 4) is 0 Å². The Morgan fingerprint density at radius 2 is 1.08 bits per heavy atom. The summed E-state index contributed by atoms with van der Waals surface area (Å²) < 4.78 is 0.105. The van der Waals surface area contributed by atoms with E-state index < -0.39 is 24.7 Å². The van der Waals surface area contributed by atoms with Crippen molar-refractivity contribution in [3.05, 3.63) is 0 Å². The average molecular weight is 375 g/mol. The lowest BCUT2D eigenvalue weighted by molar-refractivity contribution is -0.933. The highest BCUT2D eigenvalue weighted by Gasteiger charge is 2.52. The molecule has 0 unspecified atom stereocenters. The number of hydrogen-bond donors (Lipinski definition) is 3. The van der Waals surface area contributed by atoms with Gasteiger partial charge in [-0.1, -0.05) is 77.6 Å². The Bertz CT molecular complexity index is 354. The predicted octanol–water partition coefficient (Wildman–Crippen LogP) is 3.96. The molecule has 3 N–H and O–H groups in total. The van der Waals surface area contributed by atoms with Crippen molar-refractivity contribution in [1.82, 2.24) is 0 Å². The number of hydrogen-bond acceptors (Lipinski definition) is 3. The molecule has 0 heterocycles. The molecule has 0 atom stereocenters. The molecule has 0 fully saturated rings. The van der Waals surface area contributed by atoms with E-state index in [1.165, 1.54) is 70.6 Å². The van der Waals surface area contributed by atoms with Crippen LogP contribution in [0.1, 0.15) is 90.4 Å². The van der Waals surface area contributed by atoms with Crippen LogP contribution in [0.5, 0.6) is 0 Å². The van der Waals surface area contributed by atoms with Crippen molar-refractivity contribution in [1.29, 1.82) is 0 Å². The highest BCUT2D eigenvalue weighted by atomic mass is 16.4. The van der Waals surface area contributed by atoms with Gasteiger partial charge in [-0.15, -0.1) is 0 Å². The van der Waals surface area contributed by atoms with Gasteiger partial charge in [-0.05, 0) is 12.8 Å². The molecule has 5 nitrogen and oxygen atoms in total. The Balaban J connectivity index is 3.75. The Hall–Kier alpha value is -0.650. The van der Waals surface area contributed by atoms with Crippen molar-refractivity contribution < 1.29 is 24.6 Å². The van der Waals surface area contributed by atoms with Crippen LogP contribution in [0.3, 0.4) is 0 Å². The van der Waals surface area contributed by atoms with Crippen LogP contribution >= 0.6 is 0 Å². The lowest BCUT2D eigenvalue weighted by Gasteiger charge is -2.43. The fraction of sp³-hybridized carbons (Fsp3) is 0.952. The smallest absolute Gasteiger partial charge is 0.370 e. The van der Waals surface area contributed by atoms with Gasteiger partial charge in [0.05, 0.1) is 20.6 Å². The normalized spacial score (nSPS) is 12.5. The average Bonchev–Trinajstić information content (AvgIpc) is 2.60. The maximum Gasteiger partial charge on any atom is 0.370 e. The summed E-state index contributed by atoms with van der Waals surface area (Å²) in [4.78, 5) is 11.5. The second-order valence-corrected chi connectivity index (χ2v) is 8.30. The van der Waals surface area contributed by atoms with E-state index in [9.17, 15) is 20.1 Å². The van der Waals surface area contributed by atoms with Gasteiger partial charge in [0.1, 0.15) is 13.2 Å². The molecule has 0 radical (unpaired) electrons. The van der Waals surface area contributed by atoms with Crippen LogP contribution < -0.4 is 0 Å². The molecule has 0 rings (SSSR count). The van der Waals surface area contributed by atoms with Gasteiger partial charge in [-0.3, -0.25) is 0 Å². The molecule has 0 bridgehead atoms. The quantitative estimate of drug-likeness (QED) is 0.251. The van der Waals surface area contributed by atoms with Crippen LogP contribution in [-0.4, -0.2) is 65.2 Å². The zero-order valence-electron chi connectivity index (χ0n) is 17.5. The second-order valence-electron chi connectivity index (χ2n) is 8.30. The summed E-state index contributed by atoms with van der Waals surface area (Å²) in [5, 5.41) is 28.5. The van der Waals surface area contributed by atoms with E-state index in [1.54, 1.807) is 14.1 Å². The minimum Gasteiger partial charge on any atom is -0.476 e. The van der Waals surface area contributed by atoms with Gasteiger partial charge >= 0.3 is 5.97 Å². The van der Waals surface area contributed by atoms with E-state index in [1.807, 2.05) is 0 Å². The first-order valence-corrected chi connectivity index (χ1v) is 10.7. The van der Waals surface area contributed by atoms with Crippen LogP contribution in [0.4, 0.5) is 0 Å². The Kier molecular flexibility index (Phi) is 14.1. The van der Waals surface area contributed by atoms with Crippen LogP contribution in [-0.2, 0) is 4.79 Å². The number of likely N-dealkylation sites (N-methyl/N-ethyl adjacent to an activating group) is 1. The first-order chi connectivity index (χ1) is 12.4. The number of aliphatic hydroxyl groups excluding tert-OH is 2. The summed E-state index contributed by atoms with van der Waals surface area (Å²) in [6, 6.07) is 0. The first-order valence-electron chi connectivity index (χ1n) is 10.7. The first kappa shape index (κ1) is 25.4. The SMILES string of the molecule is CCCCCCCCCCCCCCC[N+](C)(C)C(CO)(CO)C(=O)O. The zero-order valence-corrected chi connectivity index (χ0v) is 17.5. The maximum absolute atomic E-state index is 11.5. The number of rotatable bonds is 18. The third-order valence-corrected chi connectivity index (χ3v) is 5.90. The lowest BCUT2D eigenvalue weighted by atomic mass is 9.96. The van der Waals surface area contributed by atoms with E-state index in [-0.39, 0.29) is 4.48 Å². The Morgan fingerprint density at radius 1 is 0.731 bits per heavy atom. The molecule has 5 heteroatoms. The van der Waals surface area contributed by atoms with Gasteiger partial charge in [0.15, 0.2) is 0 Å². The molecular weight excluding hydrogens is 330 g/mol. The van der Waals surface area contributed by atoms with E-state index in [0.717, 1.165) is 12.8 Å². The van der Waals surface area contributed by atoms with Gasteiger partial charge < -0.3 is 19.8 Å². The summed E-state index contributed by atoms with van der Waals surface area (Å²) in [6.07, 6.45) is 16.6. The standard InChI is InChI=1S/C21H43NO4/c1-4-5-6-7-8-9-10-11-12-13-14-15-16-17-22(2,3)21(18-23,19-24)20(25)26/h23-24H,4-19H2,1-3H3/p+1. The number of unbranched alkanes of at least 4 members (excludes halogenated alkanes) is 12. The van der Waals surface area contributed by atoms with Crippen molar-refractivity contribution in [2.75, 3.05) is 33.9 Å². The monoisotopic (exact) mass is 374 g/mol. The number of carboxylic acids is 1. The molecule has 0 aliphatic rings. The summed E-state index contributed by atoms with van der Waals surface area (Å²) in [5.74, 6) is -1.14. The summed E-state index contributed by atoms with van der Waals surface area (Å²) in [5.41, 5.74) is -1.52. The van der Waals surface area contributed by atoms with Crippen LogP contribution in [0.15, 0.2) is 0 Å². The molecule has 26 heavy (non-hydrogen) atoms. The minimum absolute atomic E-state index is 0.105. The molecule has 156 valence electrons. The van der Waals surface area contributed by atoms with Gasteiger partial charge in [0.2, 0.25) is 5.54 Å². The molecule has 0 aliphatic carbocycles. The third kappa shape index (κ3) is 8.83. The number of nitrogens with zero attached hydrogens (tertiary/aromatic N) is 1. The van der Waals surface area contributed by atoms with Crippen molar-refractivity contribution in [3.63, 3.8) is 0 Å². The third-order valence-electron chi connectivity index (χ3n) is 5.90. The minimum atomic E-state index is -1.52.